The van der Waals surface area contributed by atoms with Crippen molar-refractivity contribution in [3.63, 3.8) is 0 Å². The molecule has 0 radical (unpaired) electrons. The molecule has 0 unspecified atom stereocenters. The van der Waals surface area contributed by atoms with E-state index in [1.807, 2.05) is 6.26 Å². The van der Waals surface area contributed by atoms with Crippen LogP contribution in [-0.4, -0.2) is 7.11 Å². The molecule has 0 amide bonds. The molecule has 3 fully saturated rings. The van der Waals surface area contributed by atoms with Gasteiger partial charge in [0.05, 0.1) is 13.4 Å². The Morgan fingerprint density at radius 3 is 1.78 bits per heavy atom. The van der Waals surface area contributed by atoms with Crippen LogP contribution in [0.3, 0.4) is 0 Å². The number of unbranched alkanes of at least 4 members (excludes halogenated alkanes) is 2. The maximum atomic E-state index is 5.16. The third-order valence-corrected chi connectivity index (χ3v) is 7.38. The van der Waals surface area contributed by atoms with Crippen molar-refractivity contribution >= 4 is 0 Å². The summed E-state index contributed by atoms with van der Waals surface area (Å²) in [5, 5.41) is 0. The van der Waals surface area contributed by atoms with E-state index >= 15 is 0 Å². The standard InChI is InChI=1S/C20H36O.C6H12/c1-3-4-5-6-17-7-9-18(10-8-17)15-19-11-13-20(14-12-19)16-21-2;1-2-4-6-5-3-1/h16-19H,3-15H2,1-2H3;1-6H2. The van der Waals surface area contributed by atoms with Crippen molar-refractivity contribution in [2.24, 2.45) is 17.8 Å². The second kappa shape index (κ2) is 14.5. The van der Waals surface area contributed by atoms with Gasteiger partial charge in [0.15, 0.2) is 0 Å². The van der Waals surface area contributed by atoms with Crippen molar-refractivity contribution in [2.45, 2.75) is 129 Å². The van der Waals surface area contributed by atoms with Gasteiger partial charge in [0.1, 0.15) is 0 Å². The molecule has 0 atom stereocenters. The average Bonchev–Trinajstić information content (AvgIpc) is 2.73. The quantitative estimate of drug-likeness (QED) is 0.318. The van der Waals surface area contributed by atoms with Crippen molar-refractivity contribution in [3.8, 4) is 0 Å². The fourth-order valence-corrected chi connectivity index (χ4v) is 5.54. The van der Waals surface area contributed by atoms with Gasteiger partial charge in [0, 0.05) is 0 Å². The fraction of sp³-hybridized carbons (Fsp3) is 0.923. The van der Waals surface area contributed by atoms with Crippen LogP contribution in [0.5, 0.6) is 0 Å². The van der Waals surface area contributed by atoms with Gasteiger partial charge in [0.2, 0.25) is 0 Å². The number of ether oxygens (including phenoxy) is 1. The van der Waals surface area contributed by atoms with E-state index in [-0.39, 0.29) is 0 Å². The molecule has 0 aromatic heterocycles. The average molecular weight is 377 g/mol. The summed E-state index contributed by atoms with van der Waals surface area (Å²) in [7, 11) is 1.78. The highest BCUT2D eigenvalue weighted by atomic mass is 16.5. The molecule has 3 aliphatic rings. The number of hydrogen-bond donors (Lipinski definition) is 0. The van der Waals surface area contributed by atoms with Crippen LogP contribution in [-0.2, 0) is 4.74 Å². The van der Waals surface area contributed by atoms with Gasteiger partial charge in [-0.3, -0.25) is 0 Å². The van der Waals surface area contributed by atoms with Gasteiger partial charge in [-0.15, -0.1) is 0 Å². The molecule has 0 N–H and O–H groups in total. The van der Waals surface area contributed by atoms with Gasteiger partial charge in [-0.2, -0.15) is 0 Å². The molecule has 3 rings (SSSR count). The lowest BCUT2D eigenvalue weighted by Gasteiger charge is -2.32. The number of methoxy groups -OCH3 is 1. The Kier molecular flexibility index (Phi) is 12.3. The van der Waals surface area contributed by atoms with Gasteiger partial charge < -0.3 is 4.74 Å². The van der Waals surface area contributed by atoms with E-state index in [1.165, 1.54) is 128 Å². The minimum Gasteiger partial charge on any atom is -0.504 e. The fourth-order valence-electron chi connectivity index (χ4n) is 5.54. The summed E-state index contributed by atoms with van der Waals surface area (Å²) in [6.45, 7) is 2.31. The minimum absolute atomic E-state index is 1.00. The van der Waals surface area contributed by atoms with Crippen LogP contribution in [0.4, 0.5) is 0 Å². The Bertz CT molecular complexity index is 352. The Labute approximate surface area is 170 Å². The zero-order valence-corrected chi connectivity index (χ0v) is 18.7. The van der Waals surface area contributed by atoms with E-state index in [0.29, 0.717) is 0 Å². The smallest absolute Gasteiger partial charge is 0.0816 e. The Morgan fingerprint density at radius 2 is 1.26 bits per heavy atom. The van der Waals surface area contributed by atoms with Crippen LogP contribution >= 0.6 is 0 Å². The van der Waals surface area contributed by atoms with Crippen molar-refractivity contribution < 1.29 is 4.74 Å². The first-order valence-electron chi connectivity index (χ1n) is 12.5. The number of rotatable bonds is 7. The monoisotopic (exact) mass is 376 g/mol. The van der Waals surface area contributed by atoms with Crippen LogP contribution in [0.15, 0.2) is 11.8 Å². The highest BCUT2D eigenvalue weighted by Crippen LogP contribution is 2.39. The number of hydrogen-bond acceptors (Lipinski definition) is 1. The summed E-state index contributed by atoms with van der Waals surface area (Å²) in [6, 6.07) is 0. The maximum Gasteiger partial charge on any atom is 0.0816 e. The third kappa shape index (κ3) is 10.0. The van der Waals surface area contributed by atoms with E-state index in [9.17, 15) is 0 Å². The Balaban J connectivity index is 0.000000369. The van der Waals surface area contributed by atoms with E-state index in [1.54, 1.807) is 7.11 Å². The first-order chi connectivity index (χ1) is 13.3. The third-order valence-electron chi connectivity index (χ3n) is 7.38. The first-order valence-corrected chi connectivity index (χ1v) is 12.5. The van der Waals surface area contributed by atoms with Crippen LogP contribution in [0.25, 0.3) is 0 Å². The van der Waals surface area contributed by atoms with E-state index in [0.717, 1.165) is 17.8 Å². The zero-order valence-electron chi connectivity index (χ0n) is 18.7. The lowest BCUT2D eigenvalue weighted by Crippen LogP contribution is -2.19. The topological polar surface area (TPSA) is 9.23 Å². The zero-order chi connectivity index (χ0) is 19.2. The van der Waals surface area contributed by atoms with Gasteiger partial charge in [-0.1, -0.05) is 96.8 Å². The molecule has 0 spiro atoms. The molecule has 0 bridgehead atoms. The molecule has 1 nitrogen and oxygen atoms in total. The van der Waals surface area contributed by atoms with E-state index < -0.39 is 0 Å². The summed E-state index contributed by atoms with van der Waals surface area (Å²) < 4.78 is 5.16. The molecular formula is C26H48O. The summed E-state index contributed by atoms with van der Waals surface area (Å²) in [4.78, 5) is 0. The van der Waals surface area contributed by atoms with Gasteiger partial charge >= 0.3 is 0 Å². The summed E-state index contributed by atoms with van der Waals surface area (Å²) in [5.74, 6) is 3.11. The molecule has 158 valence electrons. The first kappa shape index (κ1) is 22.8. The van der Waals surface area contributed by atoms with Crippen molar-refractivity contribution in [2.75, 3.05) is 7.11 Å². The molecule has 27 heavy (non-hydrogen) atoms. The van der Waals surface area contributed by atoms with Gasteiger partial charge in [-0.05, 0) is 55.4 Å². The summed E-state index contributed by atoms with van der Waals surface area (Å²) in [6.07, 6.45) is 29.8. The summed E-state index contributed by atoms with van der Waals surface area (Å²) >= 11 is 0. The maximum absolute atomic E-state index is 5.16. The van der Waals surface area contributed by atoms with Gasteiger partial charge in [0.25, 0.3) is 0 Å². The predicted molar refractivity (Wildman–Crippen MR) is 119 cm³/mol. The second-order valence-corrected chi connectivity index (χ2v) is 9.69. The van der Waals surface area contributed by atoms with E-state index in [4.69, 9.17) is 4.74 Å². The van der Waals surface area contributed by atoms with Crippen molar-refractivity contribution in [1.29, 1.82) is 0 Å². The van der Waals surface area contributed by atoms with Gasteiger partial charge in [-0.25, -0.2) is 0 Å². The molecule has 1 heteroatoms. The largest absolute Gasteiger partial charge is 0.504 e. The Morgan fingerprint density at radius 1 is 0.741 bits per heavy atom. The highest BCUT2D eigenvalue weighted by Gasteiger charge is 2.25. The lowest BCUT2D eigenvalue weighted by molar-refractivity contribution is 0.210. The van der Waals surface area contributed by atoms with Crippen molar-refractivity contribution in [3.05, 3.63) is 11.8 Å². The molecule has 0 aliphatic heterocycles. The normalized spacial score (nSPS) is 28.8. The number of allylic oxidation sites excluding steroid dienone is 1. The second-order valence-electron chi connectivity index (χ2n) is 9.69. The molecule has 0 heterocycles. The van der Waals surface area contributed by atoms with E-state index in [2.05, 4.69) is 6.92 Å². The minimum atomic E-state index is 1.00. The summed E-state index contributed by atoms with van der Waals surface area (Å²) in [5.41, 5.74) is 1.54. The lowest BCUT2D eigenvalue weighted by atomic mass is 9.73. The molecular weight excluding hydrogens is 328 g/mol. The molecule has 0 saturated heterocycles. The molecule has 0 aromatic rings. The van der Waals surface area contributed by atoms with Crippen LogP contribution in [0.1, 0.15) is 129 Å². The molecule has 0 aromatic carbocycles. The van der Waals surface area contributed by atoms with Crippen LogP contribution in [0.2, 0.25) is 0 Å². The van der Waals surface area contributed by atoms with Crippen molar-refractivity contribution in [1.82, 2.24) is 0 Å². The predicted octanol–water partition coefficient (Wildman–Crippen LogP) is 8.82. The molecule has 3 aliphatic carbocycles. The Hall–Kier alpha value is -0.460. The molecule has 3 saturated carbocycles. The highest BCUT2D eigenvalue weighted by molar-refractivity contribution is 5.01. The SMILES string of the molecule is C1CCCCC1.CCCCCC1CCC(CC2CCC(=COC)CC2)CC1. The van der Waals surface area contributed by atoms with Crippen LogP contribution in [0, 0.1) is 17.8 Å². The van der Waals surface area contributed by atoms with Crippen LogP contribution < -0.4 is 0 Å².